The van der Waals surface area contributed by atoms with Crippen LogP contribution in [0.15, 0.2) is 77.2 Å². The quantitative estimate of drug-likeness (QED) is 0.794. The molecule has 3 N–H and O–H groups in total. The maximum atomic E-state index is 14.1. The van der Waals surface area contributed by atoms with Gasteiger partial charge in [-0.1, -0.05) is 30.9 Å². The van der Waals surface area contributed by atoms with Crippen molar-refractivity contribution in [1.29, 1.82) is 0 Å². The van der Waals surface area contributed by atoms with Gasteiger partial charge in [-0.15, -0.1) is 0 Å². The lowest BCUT2D eigenvalue weighted by molar-refractivity contribution is 0.398. The molecule has 29 heavy (non-hydrogen) atoms. The lowest BCUT2D eigenvalue weighted by Gasteiger charge is -2.32. The van der Waals surface area contributed by atoms with E-state index in [2.05, 4.69) is 28.5 Å². The molecule has 0 aliphatic carbocycles. The molecular formula is C23H25FN4O. The zero-order valence-electron chi connectivity index (χ0n) is 16.9. The highest BCUT2D eigenvalue weighted by Crippen LogP contribution is 2.36. The number of nitrogens with one attached hydrogen (secondary N) is 1. The van der Waals surface area contributed by atoms with Crippen molar-refractivity contribution in [2.75, 3.05) is 7.11 Å². The van der Waals surface area contributed by atoms with Crippen molar-refractivity contribution >= 4 is 5.71 Å². The Morgan fingerprint density at radius 1 is 1.31 bits per heavy atom. The fraction of sp³-hybridized carbons (Fsp3) is 0.217. The van der Waals surface area contributed by atoms with Gasteiger partial charge in [0, 0.05) is 29.3 Å². The van der Waals surface area contributed by atoms with E-state index >= 15 is 0 Å². The molecule has 1 atom stereocenters. The lowest BCUT2D eigenvalue weighted by Crippen LogP contribution is -2.33. The Labute approximate surface area is 170 Å². The van der Waals surface area contributed by atoms with Crippen LogP contribution in [0.1, 0.15) is 31.9 Å². The van der Waals surface area contributed by atoms with Crippen molar-refractivity contribution in [3.63, 3.8) is 0 Å². The van der Waals surface area contributed by atoms with E-state index in [1.165, 1.54) is 12.1 Å². The van der Waals surface area contributed by atoms with Crippen LogP contribution in [0.2, 0.25) is 0 Å². The summed E-state index contributed by atoms with van der Waals surface area (Å²) in [5, 5.41) is 3.44. The van der Waals surface area contributed by atoms with Gasteiger partial charge in [0.25, 0.3) is 0 Å². The second-order valence-corrected chi connectivity index (χ2v) is 7.10. The number of piperidine rings is 1. The average molecular weight is 392 g/mol. The number of pyridine rings is 1. The van der Waals surface area contributed by atoms with Gasteiger partial charge < -0.3 is 15.8 Å². The Morgan fingerprint density at radius 3 is 2.72 bits per heavy atom. The van der Waals surface area contributed by atoms with Gasteiger partial charge in [0.05, 0.1) is 24.6 Å². The molecule has 1 fully saturated rings. The first-order valence-electron chi connectivity index (χ1n) is 9.26. The van der Waals surface area contributed by atoms with Crippen LogP contribution in [-0.2, 0) is 0 Å². The summed E-state index contributed by atoms with van der Waals surface area (Å²) >= 11 is 0. The number of hydrogen-bond acceptors (Lipinski definition) is 5. The predicted molar refractivity (Wildman–Crippen MR) is 115 cm³/mol. The van der Waals surface area contributed by atoms with Gasteiger partial charge in [-0.2, -0.15) is 0 Å². The summed E-state index contributed by atoms with van der Waals surface area (Å²) in [4.78, 5) is 8.92. The van der Waals surface area contributed by atoms with E-state index in [-0.39, 0.29) is 17.7 Å². The number of hydrogen-bond donors (Lipinski definition) is 2. The molecule has 5 nitrogen and oxygen atoms in total. The smallest absolute Gasteiger partial charge is 0.213 e. The van der Waals surface area contributed by atoms with E-state index in [1.807, 2.05) is 26.0 Å². The Morgan fingerprint density at radius 2 is 2.07 bits per heavy atom. The molecule has 2 heterocycles. The molecule has 0 bridgehead atoms. The predicted octanol–water partition coefficient (Wildman–Crippen LogP) is 4.65. The number of nitrogens with zero attached hydrogens (tertiary/aromatic N) is 2. The van der Waals surface area contributed by atoms with Gasteiger partial charge in [0.2, 0.25) is 5.88 Å². The molecular weight excluding hydrogens is 367 g/mol. The third-order valence-electron chi connectivity index (χ3n) is 4.71. The fourth-order valence-electron chi connectivity index (χ4n) is 3.59. The number of rotatable bonds is 4. The first-order valence-corrected chi connectivity index (χ1v) is 9.26. The molecule has 1 aliphatic rings. The minimum absolute atomic E-state index is 0.174. The van der Waals surface area contributed by atoms with Crippen LogP contribution in [0.4, 0.5) is 4.39 Å². The molecule has 2 aromatic rings. The van der Waals surface area contributed by atoms with Gasteiger partial charge in [0.1, 0.15) is 11.6 Å². The number of methoxy groups -OCH3 is 1. The Hall–Kier alpha value is -3.41. The van der Waals surface area contributed by atoms with Crippen LogP contribution < -0.4 is 15.8 Å². The van der Waals surface area contributed by atoms with E-state index < -0.39 is 0 Å². The normalized spacial score (nSPS) is 17.8. The van der Waals surface area contributed by atoms with Gasteiger partial charge in [-0.05, 0) is 37.6 Å². The lowest BCUT2D eigenvalue weighted by atomic mass is 9.86. The Balaban J connectivity index is 2.10. The number of halogens is 1. The van der Waals surface area contributed by atoms with Crippen LogP contribution in [0, 0.1) is 5.82 Å². The molecule has 6 heteroatoms. The standard InChI is InChI=1S/C23H25FN4O/c1-13(2)23-14(3)26-20(12-21(23)27-15(4)25)17-10-9-16(24)11-18(17)19-7-6-8-22(28-19)29-5/h6-11,20,26H,3-4,12,25H2,1-2,5H3/b27-21-. The number of aliphatic imine (C=N–C) groups is 1. The maximum absolute atomic E-state index is 14.1. The van der Waals surface area contributed by atoms with Crippen LogP contribution in [0.3, 0.4) is 0 Å². The highest BCUT2D eigenvalue weighted by Gasteiger charge is 2.28. The van der Waals surface area contributed by atoms with Gasteiger partial charge in [-0.3, -0.25) is 0 Å². The number of ether oxygens (including phenoxy) is 1. The van der Waals surface area contributed by atoms with Crippen LogP contribution in [0.25, 0.3) is 11.3 Å². The number of allylic oxidation sites excluding steroid dienone is 2. The molecule has 1 saturated heterocycles. The molecule has 0 spiro atoms. The van der Waals surface area contributed by atoms with E-state index in [9.17, 15) is 4.39 Å². The molecule has 150 valence electrons. The van der Waals surface area contributed by atoms with Crippen LogP contribution >= 0.6 is 0 Å². The summed E-state index contributed by atoms with van der Waals surface area (Å²) in [5.41, 5.74) is 11.5. The maximum Gasteiger partial charge on any atom is 0.213 e. The van der Waals surface area contributed by atoms with Crippen molar-refractivity contribution in [2.24, 2.45) is 10.7 Å². The van der Waals surface area contributed by atoms with E-state index in [1.54, 1.807) is 19.2 Å². The number of benzene rings is 1. The average Bonchev–Trinajstić information content (AvgIpc) is 2.66. The largest absolute Gasteiger partial charge is 0.481 e. The molecule has 1 aromatic carbocycles. The molecule has 0 amide bonds. The van der Waals surface area contributed by atoms with Crippen molar-refractivity contribution in [1.82, 2.24) is 10.3 Å². The fourth-order valence-corrected chi connectivity index (χ4v) is 3.59. The topological polar surface area (TPSA) is 72.5 Å². The first kappa shape index (κ1) is 20.3. The van der Waals surface area contributed by atoms with Crippen molar-refractivity contribution < 1.29 is 9.13 Å². The number of nitrogens with two attached hydrogens (primary N) is 1. The number of aromatic nitrogens is 1. The van der Waals surface area contributed by atoms with Crippen molar-refractivity contribution in [3.05, 3.63) is 83.6 Å². The van der Waals surface area contributed by atoms with Gasteiger partial charge in [-0.25, -0.2) is 14.4 Å². The van der Waals surface area contributed by atoms with Crippen molar-refractivity contribution in [3.8, 4) is 17.1 Å². The monoisotopic (exact) mass is 392 g/mol. The van der Waals surface area contributed by atoms with Crippen molar-refractivity contribution in [2.45, 2.75) is 26.3 Å². The Kier molecular flexibility index (Phi) is 5.82. The van der Waals surface area contributed by atoms with E-state index in [0.29, 0.717) is 23.6 Å². The SMILES string of the molecule is C=C(N)/N=C1/CC(c2ccc(F)cc2-c2cccc(OC)n2)NC(=C)C1=C(C)C. The second-order valence-electron chi connectivity index (χ2n) is 7.10. The van der Waals surface area contributed by atoms with Gasteiger partial charge >= 0.3 is 0 Å². The molecule has 1 unspecified atom stereocenters. The third kappa shape index (κ3) is 4.37. The summed E-state index contributed by atoms with van der Waals surface area (Å²) in [5.74, 6) is 0.366. The highest BCUT2D eigenvalue weighted by atomic mass is 19.1. The Bertz CT molecular complexity index is 1030. The molecule has 0 saturated carbocycles. The first-order chi connectivity index (χ1) is 13.8. The summed E-state index contributed by atoms with van der Waals surface area (Å²) in [6, 6.07) is 9.93. The van der Waals surface area contributed by atoms with Crippen LogP contribution in [-0.4, -0.2) is 17.8 Å². The second kappa shape index (κ2) is 8.31. The third-order valence-corrected chi connectivity index (χ3v) is 4.71. The van der Waals surface area contributed by atoms with Gasteiger partial charge in [0.15, 0.2) is 0 Å². The molecule has 1 aliphatic heterocycles. The summed E-state index contributed by atoms with van der Waals surface area (Å²) in [7, 11) is 1.55. The summed E-state index contributed by atoms with van der Waals surface area (Å²) < 4.78 is 19.3. The summed E-state index contributed by atoms with van der Waals surface area (Å²) in [6.45, 7) is 11.9. The van der Waals surface area contributed by atoms with E-state index in [0.717, 1.165) is 28.1 Å². The van der Waals surface area contributed by atoms with E-state index in [4.69, 9.17) is 10.5 Å². The minimum atomic E-state index is -0.336. The highest BCUT2D eigenvalue weighted by molar-refractivity contribution is 6.06. The summed E-state index contributed by atoms with van der Waals surface area (Å²) in [6.07, 6.45) is 0.554. The minimum Gasteiger partial charge on any atom is -0.481 e. The zero-order valence-corrected chi connectivity index (χ0v) is 16.9. The molecule has 3 rings (SSSR count). The zero-order chi connectivity index (χ0) is 21.1. The van der Waals surface area contributed by atoms with Crippen LogP contribution in [0.5, 0.6) is 5.88 Å². The molecule has 1 aromatic heterocycles. The molecule has 0 radical (unpaired) electrons.